The van der Waals surface area contributed by atoms with Crippen LogP contribution in [0.4, 0.5) is 8.78 Å². The van der Waals surface area contributed by atoms with Crippen LogP contribution in [0.3, 0.4) is 0 Å². The van der Waals surface area contributed by atoms with Crippen molar-refractivity contribution < 1.29 is 23.5 Å². The second-order valence-corrected chi connectivity index (χ2v) is 5.30. The lowest BCUT2D eigenvalue weighted by atomic mass is 10.0. The molecule has 2 aromatic rings. The molecule has 1 aliphatic rings. The fourth-order valence-electron chi connectivity index (χ4n) is 2.77. The predicted octanol–water partition coefficient (Wildman–Crippen LogP) is 1.59. The Morgan fingerprint density at radius 1 is 1.30 bits per heavy atom. The minimum absolute atomic E-state index is 0.0282. The highest BCUT2D eigenvalue weighted by molar-refractivity contribution is 5.95. The summed E-state index contributed by atoms with van der Waals surface area (Å²) in [5, 5.41) is 13.1. The van der Waals surface area contributed by atoms with Crippen molar-refractivity contribution >= 4 is 11.9 Å². The third kappa shape index (κ3) is 2.56. The number of benzene rings is 1. The lowest BCUT2D eigenvalue weighted by Crippen LogP contribution is -2.37. The third-order valence-electron chi connectivity index (χ3n) is 3.89. The quantitative estimate of drug-likeness (QED) is 0.911. The van der Waals surface area contributed by atoms with E-state index >= 15 is 0 Å². The van der Waals surface area contributed by atoms with Gasteiger partial charge in [0.15, 0.2) is 5.69 Å². The van der Waals surface area contributed by atoms with Gasteiger partial charge in [-0.05, 0) is 12.1 Å². The molecule has 0 bridgehead atoms. The molecule has 0 atom stereocenters. The SMILES string of the molecule is Cn1nc(C(=O)O)c2c1CCN(C(=O)c1ccc(F)cc1F)C2. The highest BCUT2D eigenvalue weighted by Gasteiger charge is 2.30. The maximum Gasteiger partial charge on any atom is 0.356 e. The van der Waals surface area contributed by atoms with E-state index in [1.807, 2.05) is 0 Å². The second-order valence-electron chi connectivity index (χ2n) is 5.30. The van der Waals surface area contributed by atoms with Crippen LogP contribution in [0.15, 0.2) is 18.2 Å². The van der Waals surface area contributed by atoms with Crippen LogP contribution in [0.1, 0.15) is 32.1 Å². The molecule has 0 spiro atoms. The number of halogens is 2. The number of aryl methyl sites for hydroxylation is 1. The Balaban J connectivity index is 1.92. The molecule has 120 valence electrons. The number of nitrogens with zero attached hydrogens (tertiary/aromatic N) is 3. The molecule has 0 unspecified atom stereocenters. The Bertz CT molecular complexity index is 817. The summed E-state index contributed by atoms with van der Waals surface area (Å²) in [4.78, 5) is 25.0. The van der Waals surface area contributed by atoms with Gasteiger partial charge < -0.3 is 10.0 Å². The van der Waals surface area contributed by atoms with Gasteiger partial charge >= 0.3 is 5.97 Å². The van der Waals surface area contributed by atoms with Gasteiger partial charge in [0, 0.05) is 37.3 Å². The minimum Gasteiger partial charge on any atom is -0.476 e. The molecule has 8 heteroatoms. The Morgan fingerprint density at radius 2 is 2.04 bits per heavy atom. The summed E-state index contributed by atoms with van der Waals surface area (Å²) in [6.45, 7) is 0.335. The average Bonchev–Trinajstić information content (AvgIpc) is 2.83. The molecule has 23 heavy (non-hydrogen) atoms. The van der Waals surface area contributed by atoms with Crippen molar-refractivity contribution in [1.82, 2.24) is 14.7 Å². The van der Waals surface area contributed by atoms with Crippen LogP contribution < -0.4 is 0 Å². The Hall–Kier alpha value is -2.77. The molecule has 0 aliphatic carbocycles. The molecule has 0 fully saturated rings. The standard InChI is InChI=1S/C15H13F2N3O3/c1-19-12-4-5-20(7-10(12)13(18-19)15(22)23)14(21)9-3-2-8(16)6-11(9)17/h2-3,6H,4-5,7H2,1H3,(H,22,23). The fourth-order valence-corrected chi connectivity index (χ4v) is 2.77. The maximum atomic E-state index is 13.8. The molecular formula is C15H13F2N3O3. The number of carbonyl (C=O) groups is 2. The number of amides is 1. The first kappa shape index (κ1) is 15.1. The molecule has 1 aromatic carbocycles. The summed E-state index contributed by atoms with van der Waals surface area (Å²) in [6.07, 6.45) is 0.417. The molecule has 3 rings (SSSR count). The van der Waals surface area contributed by atoms with Gasteiger partial charge in [0.25, 0.3) is 5.91 Å². The number of hydrogen-bond acceptors (Lipinski definition) is 3. The number of rotatable bonds is 2. The van der Waals surface area contributed by atoms with Gasteiger partial charge in [0.2, 0.25) is 0 Å². The average molecular weight is 321 g/mol. The summed E-state index contributed by atoms with van der Waals surface area (Å²) < 4.78 is 28.2. The highest BCUT2D eigenvalue weighted by Crippen LogP contribution is 2.24. The van der Waals surface area contributed by atoms with E-state index in [1.54, 1.807) is 7.05 Å². The summed E-state index contributed by atoms with van der Waals surface area (Å²) >= 11 is 0. The van der Waals surface area contributed by atoms with E-state index in [0.29, 0.717) is 24.6 Å². The fraction of sp³-hybridized carbons (Fsp3) is 0.267. The Labute approximate surface area is 129 Å². The second kappa shape index (κ2) is 5.45. The van der Waals surface area contributed by atoms with Crippen molar-refractivity contribution in [3.8, 4) is 0 Å². The first-order valence-corrected chi connectivity index (χ1v) is 6.91. The molecule has 0 saturated carbocycles. The van der Waals surface area contributed by atoms with Gasteiger partial charge in [-0.3, -0.25) is 9.48 Å². The van der Waals surface area contributed by atoms with E-state index in [1.165, 1.54) is 9.58 Å². The zero-order chi connectivity index (χ0) is 16.7. The summed E-state index contributed by atoms with van der Waals surface area (Å²) in [7, 11) is 1.64. The minimum atomic E-state index is -1.18. The van der Waals surface area contributed by atoms with Gasteiger partial charge in [0.05, 0.1) is 12.1 Å². The van der Waals surface area contributed by atoms with E-state index in [0.717, 1.165) is 17.8 Å². The van der Waals surface area contributed by atoms with Crippen LogP contribution in [-0.2, 0) is 20.0 Å². The molecule has 0 saturated heterocycles. The lowest BCUT2D eigenvalue weighted by Gasteiger charge is -2.27. The van der Waals surface area contributed by atoms with Gasteiger partial charge in [0.1, 0.15) is 11.6 Å². The van der Waals surface area contributed by atoms with Crippen molar-refractivity contribution in [2.75, 3.05) is 6.54 Å². The van der Waals surface area contributed by atoms with Crippen molar-refractivity contribution in [3.63, 3.8) is 0 Å². The summed E-state index contributed by atoms with van der Waals surface area (Å²) in [5.74, 6) is -3.48. The van der Waals surface area contributed by atoms with Crippen LogP contribution in [0.25, 0.3) is 0 Å². The first-order valence-electron chi connectivity index (χ1n) is 6.91. The third-order valence-corrected chi connectivity index (χ3v) is 3.89. The number of carboxylic acid groups (broad SMARTS) is 1. The smallest absolute Gasteiger partial charge is 0.356 e. The zero-order valence-electron chi connectivity index (χ0n) is 12.2. The van der Waals surface area contributed by atoms with E-state index < -0.39 is 23.5 Å². The number of fused-ring (bicyclic) bond motifs is 1. The van der Waals surface area contributed by atoms with Crippen molar-refractivity contribution in [1.29, 1.82) is 0 Å². The number of aromatic carboxylic acids is 1. The molecule has 0 radical (unpaired) electrons. The van der Waals surface area contributed by atoms with E-state index in [9.17, 15) is 23.5 Å². The zero-order valence-corrected chi connectivity index (χ0v) is 12.2. The Morgan fingerprint density at radius 3 is 2.70 bits per heavy atom. The highest BCUT2D eigenvalue weighted by atomic mass is 19.1. The van der Waals surface area contributed by atoms with Gasteiger partial charge in [-0.2, -0.15) is 5.10 Å². The lowest BCUT2D eigenvalue weighted by molar-refractivity contribution is 0.0673. The van der Waals surface area contributed by atoms with Crippen LogP contribution in [0, 0.1) is 11.6 Å². The predicted molar refractivity (Wildman–Crippen MR) is 75.0 cm³/mol. The summed E-state index contributed by atoms with van der Waals surface area (Å²) in [6, 6.07) is 2.75. The number of carbonyl (C=O) groups excluding carboxylic acids is 1. The number of hydrogen-bond donors (Lipinski definition) is 1. The van der Waals surface area contributed by atoms with Crippen molar-refractivity contribution in [2.45, 2.75) is 13.0 Å². The van der Waals surface area contributed by atoms with Gasteiger partial charge in [-0.25, -0.2) is 13.6 Å². The molecule has 2 heterocycles. The van der Waals surface area contributed by atoms with Crippen LogP contribution >= 0.6 is 0 Å². The van der Waals surface area contributed by atoms with E-state index in [-0.39, 0.29) is 17.8 Å². The monoisotopic (exact) mass is 321 g/mol. The molecule has 1 N–H and O–H groups in total. The molecule has 6 nitrogen and oxygen atoms in total. The molecule has 1 aromatic heterocycles. The van der Waals surface area contributed by atoms with Crippen LogP contribution in [0.2, 0.25) is 0 Å². The van der Waals surface area contributed by atoms with Gasteiger partial charge in [-0.1, -0.05) is 0 Å². The summed E-state index contributed by atoms with van der Waals surface area (Å²) in [5.41, 5.74) is 0.836. The first-order chi connectivity index (χ1) is 10.9. The number of carboxylic acids is 1. The van der Waals surface area contributed by atoms with Crippen molar-refractivity contribution in [2.24, 2.45) is 7.05 Å². The maximum absolute atomic E-state index is 13.8. The van der Waals surface area contributed by atoms with Gasteiger partial charge in [-0.15, -0.1) is 0 Å². The van der Waals surface area contributed by atoms with E-state index in [4.69, 9.17) is 0 Å². The van der Waals surface area contributed by atoms with E-state index in [2.05, 4.69) is 5.10 Å². The topological polar surface area (TPSA) is 75.4 Å². The molecule has 1 aliphatic heterocycles. The molecular weight excluding hydrogens is 308 g/mol. The number of aromatic nitrogens is 2. The van der Waals surface area contributed by atoms with Crippen molar-refractivity contribution in [3.05, 3.63) is 52.3 Å². The van der Waals surface area contributed by atoms with Crippen LogP contribution in [0.5, 0.6) is 0 Å². The largest absolute Gasteiger partial charge is 0.476 e. The molecule has 1 amide bonds. The van der Waals surface area contributed by atoms with Crippen LogP contribution in [-0.4, -0.2) is 38.2 Å². The Kier molecular flexibility index (Phi) is 3.59. The normalized spacial score (nSPS) is 13.8.